The number of hydrogen-bond acceptors (Lipinski definition) is 3. The zero-order chi connectivity index (χ0) is 11.7. The van der Waals surface area contributed by atoms with Gasteiger partial charge in [0, 0.05) is 25.5 Å². The van der Waals surface area contributed by atoms with Crippen LogP contribution in [-0.2, 0) is 4.74 Å². The highest BCUT2D eigenvalue weighted by Gasteiger charge is 2.24. The van der Waals surface area contributed by atoms with Crippen LogP contribution >= 0.6 is 24.4 Å². The minimum Gasteiger partial charge on any atom is -0.372 e. The molecule has 2 unspecified atom stereocenters. The van der Waals surface area contributed by atoms with Crippen LogP contribution in [0.2, 0.25) is 0 Å². The van der Waals surface area contributed by atoms with E-state index in [1.807, 2.05) is 10.8 Å². The van der Waals surface area contributed by atoms with E-state index in [2.05, 4.69) is 23.7 Å². The van der Waals surface area contributed by atoms with Crippen molar-refractivity contribution in [2.75, 3.05) is 13.1 Å². The van der Waals surface area contributed by atoms with Crippen LogP contribution < -0.4 is 0 Å². The summed E-state index contributed by atoms with van der Waals surface area (Å²) in [4.78, 5) is 5.08. The number of thiocarbonyl (C=S) groups is 1. The third-order valence-electron chi connectivity index (χ3n) is 2.55. The SMILES string of the molecule is CC1CN(C(=S)n2cc[nH]c2=S)CC(C)O1. The van der Waals surface area contributed by atoms with Crippen LogP contribution in [0.25, 0.3) is 0 Å². The molecular formula is C10H15N3OS2. The summed E-state index contributed by atoms with van der Waals surface area (Å²) in [6.45, 7) is 5.75. The van der Waals surface area contributed by atoms with Gasteiger partial charge in [0.15, 0.2) is 9.88 Å². The fraction of sp³-hybridized carbons (Fsp3) is 0.600. The summed E-state index contributed by atoms with van der Waals surface area (Å²) >= 11 is 10.6. The second-order valence-electron chi connectivity index (χ2n) is 4.08. The van der Waals surface area contributed by atoms with Crippen molar-refractivity contribution in [2.45, 2.75) is 26.1 Å². The topological polar surface area (TPSA) is 33.2 Å². The molecule has 1 aromatic heterocycles. The van der Waals surface area contributed by atoms with Crippen LogP contribution in [0.1, 0.15) is 13.8 Å². The summed E-state index contributed by atoms with van der Waals surface area (Å²) in [5.74, 6) is 0. The lowest BCUT2D eigenvalue weighted by molar-refractivity contribution is -0.0481. The quantitative estimate of drug-likeness (QED) is 0.718. The van der Waals surface area contributed by atoms with Crippen molar-refractivity contribution in [3.63, 3.8) is 0 Å². The van der Waals surface area contributed by atoms with Gasteiger partial charge in [-0.05, 0) is 38.3 Å². The zero-order valence-electron chi connectivity index (χ0n) is 9.34. The molecule has 1 aliphatic rings. The zero-order valence-corrected chi connectivity index (χ0v) is 11.0. The molecular weight excluding hydrogens is 242 g/mol. The van der Waals surface area contributed by atoms with Crippen LogP contribution in [0.3, 0.4) is 0 Å². The maximum absolute atomic E-state index is 5.67. The van der Waals surface area contributed by atoms with E-state index in [0.717, 1.165) is 18.2 Å². The predicted octanol–water partition coefficient (Wildman–Crippen LogP) is 1.79. The maximum Gasteiger partial charge on any atom is 0.183 e. The van der Waals surface area contributed by atoms with Crippen molar-refractivity contribution in [3.05, 3.63) is 17.2 Å². The summed E-state index contributed by atoms with van der Waals surface area (Å²) in [7, 11) is 0. The Morgan fingerprint density at radius 1 is 1.44 bits per heavy atom. The summed E-state index contributed by atoms with van der Waals surface area (Å²) in [5, 5.41) is 0.744. The standard InChI is InChI=1S/C10H15N3OS2/c1-7-5-12(6-8(2)14-7)10(16)13-4-3-11-9(13)15/h3-4,7-8H,5-6H2,1-2H3,(H,11,15). The van der Waals surface area contributed by atoms with Crippen LogP contribution in [-0.4, -0.2) is 44.9 Å². The molecule has 0 spiro atoms. The Hall–Kier alpha value is -0.720. The first-order valence-electron chi connectivity index (χ1n) is 5.28. The van der Waals surface area contributed by atoms with Gasteiger partial charge in [0.2, 0.25) is 0 Å². The lowest BCUT2D eigenvalue weighted by Gasteiger charge is -2.36. The van der Waals surface area contributed by atoms with Gasteiger partial charge in [-0.1, -0.05) is 0 Å². The van der Waals surface area contributed by atoms with Crippen molar-refractivity contribution >= 4 is 29.5 Å². The highest BCUT2D eigenvalue weighted by molar-refractivity contribution is 7.80. The Morgan fingerprint density at radius 3 is 2.56 bits per heavy atom. The molecule has 0 radical (unpaired) electrons. The average Bonchev–Trinajstić information content (AvgIpc) is 2.62. The highest BCUT2D eigenvalue weighted by atomic mass is 32.1. The van der Waals surface area contributed by atoms with E-state index in [1.165, 1.54) is 0 Å². The molecule has 0 bridgehead atoms. The van der Waals surface area contributed by atoms with Crippen LogP contribution in [0.5, 0.6) is 0 Å². The first kappa shape index (κ1) is 11.8. The third kappa shape index (κ3) is 2.34. The van der Waals surface area contributed by atoms with Gasteiger partial charge in [-0.15, -0.1) is 0 Å². The Morgan fingerprint density at radius 2 is 2.06 bits per heavy atom. The number of ether oxygens (including phenoxy) is 1. The molecule has 0 saturated carbocycles. The second-order valence-corrected chi connectivity index (χ2v) is 4.83. The van der Waals surface area contributed by atoms with Gasteiger partial charge < -0.3 is 14.6 Å². The minimum absolute atomic E-state index is 0.204. The lowest BCUT2D eigenvalue weighted by atomic mass is 10.2. The van der Waals surface area contributed by atoms with E-state index < -0.39 is 0 Å². The lowest BCUT2D eigenvalue weighted by Crippen LogP contribution is -2.49. The minimum atomic E-state index is 0.204. The number of aromatic nitrogens is 2. The molecule has 2 atom stereocenters. The van der Waals surface area contributed by atoms with Gasteiger partial charge in [0.1, 0.15) is 0 Å². The number of hydrogen-bond donors (Lipinski definition) is 1. The molecule has 4 nitrogen and oxygen atoms in total. The van der Waals surface area contributed by atoms with Gasteiger partial charge in [0.05, 0.1) is 12.2 Å². The molecule has 1 N–H and O–H groups in total. The van der Waals surface area contributed by atoms with Crippen molar-refractivity contribution in [1.82, 2.24) is 14.5 Å². The molecule has 1 aliphatic heterocycles. The second kappa shape index (κ2) is 4.65. The van der Waals surface area contributed by atoms with Crippen LogP contribution in [0.15, 0.2) is 12.4 Å². The molecule has 1 aromatic rings. The average molecular weight is 257 g/mol. The molecule has 0 aliphatic carbocycles. The van der Waals surface area contributed by atoms with Crippen LogP contribution in [0.4, 0.5) is 0 Å². The van der Waals surface area contributed by atoms with Gasteiger partial charge in [-0.25, -0.2) is 0 Å². The smallest absolute Gasteiger partial charge is 0.183 e. The number of rotatable bonds is 0. The first-order chi connectivity index (χ1) is 7.58. The fourth-order valence-electron chi connectivity index (χ4n) is 1.96. The van der Waals surface area contributed by atoms with E-state index in [-0.39, 0.29) is 12.2 Å². The number of nitrogens with zero attached hydrogens (tertiary/aromatic N) is 2. The number of nitrogens with one attached hydrogen (secondary N) is 1. The molecule has 2 rings (SSSR count). The van der Waals surface area contributed by atoms with Crippen molar-refractivity contribution in [3.8, 4) is 0 Å². The number of aromatic amines is 1. The normalized spacial score (nSPS) is 25.8. The van der Waals surface area contributed by atoms with Crippen molar-refractivity contribution in [1.29, 1.82) is 0 Å². The Bertz CT molecular complexity index is 429. The highest BCUT2D eigenvalue weighted by Crippen LogP contribution is 2.12. The van der Waals surface area contributed by atoms with E-state index >= 15 is 0 Å². The van der Waals surface area contributed by atoms with E-state index in [9.17, 15) is 0 Å². The third-order valence-corrected chi connectivity index (χ3v) is 3.31. The molecule has 0 aromatic carbocycles. The van der Waals surface area contributed by atoms with E-state index in [1.54, 1.807) is 6.20 Å². The van der Waals surface area contributed by atoms with E-state index in [0.29, 0.717) is 4.77 Å². The summed E-state index contributed by atoms with van der Waals surface area (Å²) in [5.41, 5.74) is 0. The Labute approximate surface area is 105 Å². The van der Waals surface area contributed by atoms with Crippen molar-refractivity contribution < 1.29 is 4.74 Å². The summed E-state index contributed by atoms with van der Waals surface area (Å²) in [6, 6.07) is 0. The van der Waals surface area contributed by atoms with Gasteiger partial charge in [0.25, 0.3) is 0 Å². The largest absolute Gasteiger partial charge is 0.372 e. The Kier molecular flexibility index (Phi) is 3.41. The maximum atomic E-state index is 5.67. The van der Waals surface area contributed by atoms with Gasteiger partial charge in [-0.2, -0.15) is 0 Å². The number of imidazole rings is 1. The van der Waals surface area contributed by atoms with Crippen LogP contribution in [0, 0.1) is 4.77 Å². The molecule has 0 amide bonds. The first-order valence-corrected chi connectivity index (χ1v) is 6.10. The predicted molar refractivity (Wildman–Crippen MR) is 69.2 cm³/mol. The molecule has 88 valence electrons. The van der Waals surface area contributed by atoms with Gasteiger partial charge in [-0.3, -0.25) is 4.57 Å². The summed E-state index contributed by atoms with van der Waals surface area (Å²) in [6.07, 6.45) is 4.06. The molecule has 1 saturated heterocycles. The monoisotopic (exact) mass is 257 g/mol. The molecule has 16 heavy (non-hydrogen) atoms. The molecule has 2 heterocycles. The molecule has 6 heteroatoms. The number of H-pyrrole nitrogens is 1. The van der Waals surface area contributed by atoms with Gasteiger partial charge >= 0.3 is 0 Å². The fourth-order valence-corrected chi connectivity index (χ4v) is 2.53. The molecule has 1 fully saturated rings. The van der Waals surface area contributed by atoms with Crippen molar-refractivity contribution in [2.24, 2.45) is 0 Å². The summed E-state index contributed by atoms with van der Waals surface area (Å²) < 4.78 is 8.12. The Balaban J connectivity index is 2.16. The van der Waals surface area contributed by atoms with E-state index in [4.69, 9.17) is 29.2 Å². The number of morpholine rings is 1.